The van der Waals surface area contributed by atoms with E-state index >= 15 is 0 Å². The minimum Gasteiger partial charge on any atom is -0.497 e. The summed E-state index contributed by atoms with van der Waals surface area (Å²) in [6.45, 7) is 2.06. The van der Waals surface area contributed by atoms with Crippen LogP contribution >= 0.6 is 0 Å². The average Bonchev–Trinajstić information content (AvgIpc) is 2.68. The van der Waals surface area contributed by atoms with Gasteiger partial charge in [0, 0.05) is 11.1 Å². The summed E-state index contributed by atoms with van der Waals surface area (Å²) >= 11 is 0. The molecule has 0 fully saturated rings. The van der Waals surface area contributed by atoms with Crippen LogP contribution < -0.4 is 4.74 Å². The standard InChI is InChI=1S/C23H20O3/c1-16-5-3-4-6-21(16)17-7-9-18(10-8-17)22(24)15-23(25)19-11-13-20(26-2)14-12-19/h3-14H,15H2,1-2H3. The van der Waals surface area contributed by atoms with Crippen LogP contribution in [0.15, 0.2) is 72.8 Å². The summed E-state index contributed by atoms with van der Waals surface area (Å²) < 4.78 is 5.08. The zero-order valence-corrected chi connectivity index (χ0v) is 14.9. The highest BCUT2D eigenvalue weighted by Gasteiger charge is 2.14. The fraction of sp³-hybridized carbons (Fsp3) is 0.130. The number of benzene rings is 3. The third kappa shape index (κ3) is 3.89. The lowest BCUT2D eigenvalue weighted by Gasteiger charge is -2.07. The van der Waals surface area contributed by atoms with E-state index in [2.05, 4.69) is 19.1 Å². The third-order valence-electron chi connectivity index (χ3n) is 4.40. The Morgan fingerprint density at radius 1 is 0.769 bits per heavy atom. The molecule has 3 aromatic rings. The molecule has 0 bridgehead atoms. The lowest BCUT2D eigenvalue weighted by Crippen LogP contribution is -2.08. The summed E-state index contributed by atoms with van der Waals surface area (Å²) in [4.78, 5) is 24.7. The van der Waals surface area contributed by atoms with Gasteiger partial charge in [-0.15, -0.1) is 0 Å². The normalized spacial score (nSPS) is 10.4. The molecular formula is C23H20O3. The van der Waals surface area contributed by atoms with Gasteiger partial charge in [-0.1, -0.05) is 48.5 Å². The van der Waals surface area contributed by atoms with Gasteiger partial charge in [0.2, 0.25) is 0 Å². The summed E-state index contributed by atoms with van der Waals surface area (Å²) in [7, 11) is 1.57. The van der Waals surface area contributed by atoms with Crippen LogP contribution in [0.3, 0.4) is 0 Å². The first kappa shape index (κ1) is 17.6. The van der Waals surface area contributed by atoms with E-state index in [1.54, 1.807) is 43.5 Å². The topological polar surface area (TPSA) is 43.4 Å². The molecule has 0 radical (unpaired) electrons. The van der Waals surface area contributed by atoms with Crippen molar-refractivity contribution in [2.75, 3.05) is 7.11 Å². The second-order valence-corrected chi connectivity index (χ2v) is 6.14. The van der Waals surface area contributed by atoms with Crippen LogP contribution in [0, 0.1) is 6.92 Å². The Balaban J connectivity index is 1.71. The van der Waals surface area contributed by atoms with Gasteiger partial charge in [0.1, 0.15) is 5.75 Å². The van der Waals surface area contributed by atoms with E-state index in [9.17, 15) is 9.59 Å². The molecule has 0 saturated carbocycles. The molecule has 0 aliphatic rings. The SMILES string of the molecule is COc1ccc(C(=O)CC(=O)c2ccc(-c3ccccc3C)cc2)cc1. The quantitative estimate of drug-likeness (QED) is 0.460. The van der Waals surface area contributed by atoms with Gasteiger partial charge >= 0.3 is 0 Å². The Kier molecular flexibility index (Phi) is 5.28. The fourth-order valence-electron chi connectivity index (χ4n) is 2.86. The van der Waals surface area contributed by atoms with E-state index in [1.165, 1.54) is 5.56 Å². The van der Waals surface area contributed by atoms with Gasteiger partial charge < -0.3 is 4.74 Å². The molecule has 0 atom stereocenters. The van der Waals surface area contributed by atoms with Crippen molar-refractivity contribution in [2.24, 2.45) is 0 Å². The Morgan fingerprint density at radius 2 is 1.31 bits per heavy atom. The lowest BCUT2D eigenvalue weighted by atomic mass is 9.97. The first-order chi connectivity index (χ1) is 12.6. The molecule has 3 nitrogen and oxygen atoms in total. The molecule has 0 heterocycles. The molecule has 3 heteroatoms. The highest BCUT2D eigenvalue weighted by molar-refractivity contribution is 6.13. The van der Waals surface area contributed by atoms with Gasteiger partial charge in [-0.05, 0) is 47.9 Å². The second kappa shape index (κ2) is 7.79. The van der Waals surface area contributed by atoms with E-state index in [-0.39, 0.29) is 18.0 Å². The summed E-state index contributed by atoms with van der Waals surface area (Å²) in [6.07, 6.45) is -0.143. The third-order valence-corrected chi connectivity index (χ3v) is 4.40. The van der Waals surface area contributed by atoms with E-state index in [4.69, 9.17) is 4.74 Å². The van der Waals surface area contributed by atoms with E-state index in [1.807, 2.05) is 24.3 Å². The largest absolute Gasteiger partial charge is 0.497 e. The number of hydrogen-bond acceptors (Lipinski definition) is 3. The fourth-order valence-corrected chi connectivity index (χ4v) is 2.86. The molecule has 0 aliphatic heterocycles. The first-order valence-electron chi connectivity index (χ1n) is 8.45. The number of carbonyl (C=O) groups is 2. The van der Waals surface area contributed by atoms with Crippen molar-refractivity contribution >= 4 is 11.6 Å². The average molecular weight is 344 g/mol. The molecule has 130 valence electrons. The van der Waals surface area contributed by atoms with Crippen molar-refractivity contribution in [3.8, 4) is 16.9 Å². The zero-order valence-electron chi connectivity index (χ0n) is 14.9. The molecule has 26 heavy (non-hydrogen) atoms. The van der Waals surface area contributed by atoms with Gasteiger partial charge in [-0.2, -0.15) is 0 Å². The summed E-state index contributed by atoms with van der Waals surface area (Å²) in [6, 6.07) is 22.3. The summed E-state index contributed by atoms with van der Waals surface area (Å²) in [5.74, 6) is 0.308. The summed E-state index contributed by atoms with van der Waals surface area (Å²) in [5.41, 5.74) is 4.43. The van der Waals surface area contributed by atoms with Crippen LogP contribution in [0.1, 0.15) is 32.7 Å². The lowest BCUT2D eigenvalue weighted by molar-refractivity contribution is 0.0894. The Bertz CT molecular complexity index is 922. The number of carbonyl (C=O) groups excluding carboxylic acids is 2. The molecule has 0 saturated heterocycles. The van der Waals surface area contributed by atoms with E-state index in [0.717, 1.165) is 11.1 Å². The maximum Gasteiger partial charge on any atom is 0.170 e. The van der Waals surface area contributed by atoms with Crippen LogP contribution in [0.2, 0.25) is 0 Å². The van der Waals surface area contributed by atoms with Crippen molar-refractivity contribution < 1.29 is 14.3 Å². The number of Topliss-reactive ketones (excluding diaryl/α,β-unsaturated/α-hetero) is 2. The minimum atomic E-state index is -0.194. The number of ketones is 2. The molecule has 3 rings (SSSR count). The molecular weight excluding hydrogens is 324 g/mol. The van der Waals surface area contributed by atoms with E-state index in [0.29, 0.717) is 16.9 Å². The molecule has 0 aromatic heterocycles. The molecule has 0 aliphatic carbocycles. The Hall–Kier alpha value is -3.20. The zero-order chi connectivity index (χ0) is 18.5. The predicted octanol–water partition coefficient (Wildman–Crippen LogP) is 5.13. The molecule has 0 amide bonds. The van der Waals surface area contributed by atoms with Crippen LogP contribution in [0.25, 0.3) is 11.1 Å². The number of rotatable bonds is 6. The highest BCUT2D eigenvalue weighted by atomic mass is 16.5. The first-order valence-corrected chi connectivity index (χ1v) is 8.45. The van der Waals surface area contributed by atoms with Gasteiger partial charge in [0.25, 0.3) is 0 Å². The van der Waals surface area contributed by atoms with Crippen LogP contribution in [-0.2, 0) is 0 Å². The van der Waals surface area contributed by atoms with Crippen molar-refractivity contribution in [1.29, 1.82) is 0 Å². The smallest absolute Gasteiger partial charge is 0.170 e. The number of ether oxygens (including phenoxy) is 1. The van der Waals surface area contributed by atoms with Gasteiger partial charge in [-0.3, -0.25) is 9.59 Å². The minimum absolute atomic E-state index is 0.143. The Morgan fingerprint density at radius 3 is 1.85 bits per heavy atom. The van der Waals surface area contributed by atoms with Crippen molar-refractivity contribution in [3.05, 3.63) is 89.5 Å². The van der Waals surface area contributed by atoms with Gasteiger partial charge in [0.05, 0.1) is 13.5 Å². The van der Waals surface area contributed by atoms with Crippen LogP contribution in [-0.4, -0.2) is 18.7 Å². The van der Waals surface area contributed by atoms with Crippen molar-refractivity contribution in [1.82, 2.24) is 0 Å². The number of methoxy groups -OCH3 is 1. The summed E-state index contributed by atoms with van der Waals surface area (Å²) in [5, 5.41) is 0. The maximum absolute atomic E-state index is 12.4. The molecule has 0 unspecified atom stereocenters. The maximum atomic E-state index is 12.4. The Labute approximate surface area is 153 Å². The molecule has 0 spiro atoms. The van der Waals surface area contributed by atoms with Crippen molar-refractivity contribution in [2.45, 2.75) is 13.3 Å². The van der Waals surface area contributed by atoms with Crippen molar-refractivity contribution in [3.63, 3.8) is 0 Å². The highest BCUT2D eigenvalue weighted by Crippen LogP contribution is 2.24. The van der Waals surface area contributed by atoms with Crippen LogP contribution in [0.4, 0.5) is 0 Å². The monoisotopic (exact) mass is 344 g/mol. The van der Waals surface area contributed by atoms with Crippen LogP contribution in [0.5, 0.6) is 5.75 Å². The molecule has 3 aromatic carbocycles. The van der Waals surface area contributed by atoms with E-state index < -0.39 is 0 Å². The number of aryl methyl sites for hydroxylation is 1. The molecule has 0 N–H and O–H groups in total. The second-order valence-electron chi connectivity index (χ2n) is 6.14. The van der Waals surface area contributed by atoms with Gasteiger partial charge in [0.15, 0.2) is 11.6 Å². The number of hydrogen-bond donors (Lipinski definition) is 0. The predicted molar refractivity (Wildman–Crippen MR) is 103 cm³/mol. The van der Waals surface area contributed by atoms with Gasteiger partial charge in [-0.25, -0.2) is 0 Å².